The van der Waals surface area contributed by atoms with Gasteiger partial charge in [0.25, 0.3) is 0 Å². The van der Waals surface area contributed by atoms with Crippen LogP contribution in [0.3, 0.4) is 0 Å². The first kappa shape index (κ1) is 12.1. The van der Waals surface area contributed by atoms with E-state index in [1.807, 2.05) is 6.07 Å². The van der Waals surface area contributed by atoms with Crippen molar-refractivity contribution in [3.63, 3.8) is 0 Å². The average molecular weight is 229 g/mol. The Balaban J connectivity index is 2.01. The van der Waals surface area contributed by atoms with Crippen LogP contribution in [-0.2, 0) is 13.0 Å². The van der Waals surface area contributed by atoms with Crippen LogP contribution in [0.5, 0.6) is 0 Å². The summed E-state index contributed by atoms with van der Waals surface area (Å²) in [5.74, 6) is 0. The zero-order valence-electron chi connectivity index (χ0n) is 10.4. The Morgan fingerprint density at radius 1 is 1.12 bits per heavy atom. The van der Waals surface area contributed by atoms with E-state index < -0.39 is 0 Å². The zero-order chi connectivity index (χ0) is 12.1. The Bertz CT molecular complexity index is 400. The van der Waals surface area contributed by atoms with E-state index in [2.05, 4.69) is 41.1 Å². The van der Waals surface area contributed by atoms with Crippen LogP contribution < -0.4 is 0 Å². The third kappa shape index (κ3) is 3.29. The molecular formula is C14H19N3. The molecule has 0 aliphatic carbocycles. The van der Waals surface area contributed by atoms with Gasteiger partial charge in [-0.2, -0.15) is 5.26 Å². The predicted octanol–water partition coefficient (Wildman–Crippen LogP) is 1.50. The fourth-order valence-corrected chi connectivity index (χ4v) is 2.22. The zero-order valence-corrected chi connectivity index (χ0v) is 10.4. The molecule has 17 heavy (non-hydrogen) atoms. The summed E-state index contributed by atoms with van der Waals surface area (Å²) in [6, 6.07) is 10.5. The van der Waals surface area contributed by atoms with Gasteiger partial charge >= 0.3 is 0 Å². The average Bonchev–Trinajstić information content (AvgIpc) is 2.35. The first-order valence-corrected chi connectivity index (χ1v) is 6.14. The normalized spacial score (nSPS) is 17.9. The fraction of sp³-hybridized carbons (Fsp3) is 0.500. The summed E-state index contributed by atoms with van der Waals surface area (Å²) in [7, 11) is 2.17. The molecule has 1 saturated heterocycles. The molecule has 90 valence electrons. The van der Waals surface area contributed by atoms with Crippen molar-refractivity contribution in [2.75, 3.05) is 33.2 Å². The number of nitriles is 1. The van der Waals surface area contributed by atoms with Crippen LogP contribution in [-0.4, -0.2) is 43.0 Å². The minimum Gasteiger partial charge on any atom is -0.304 e. The second-order valence-electron chi connectivity index (χ2n) is 4.68. The van der Waals surface area contributed by atoms with E-state index in [0.717, 1.165) is 32.7 Å². The molecule has 0 atom stereocenters. The van der Waals surface area contributed by atoms with Crippen molar-refractivity contribution in [3.8, 4) is 6.07 Å². The van der Waals surface area contributed by atoms with Gasteiger partial charge in [-0.3, -0.25) is 4.90 Å². The van der Waals surface area contributed by atoms with Crippen molar-refractivity contribution < 1.29 is 0 Å². The second-order valence-corrected chi connectivity index (χ2v) is 4.68. The van der Waals surface area contributed by atoms with Crippen LogP contribution in [0.25, 0.3) is 0 Å². The molecule has 1 aliphatic rings. The van der Waals surface area contributed by atoms with Crippen molar-refractivity contribution in [1.82, 2.24) is 9.80 Å². The third-order valence-corrected chi connectivity index (χ3v) is 3.38. The van der Waals surface area contributed by atoms with Crippen molar-refractivity contribution in [1.29, 1.82) is 5.26 Å². The number of hydrogen-bond donors (Lipinski definition) is 0. The summed E-state index contributed by atoms with van der Waals surface area (Å²) in [4.78, 5) is 4.83. The van der Waals surface area contributed by atoms with Crippen molar-refractivity contribution in [2.45, 2.75) is 13.0 Å². The molecule has 1 aromatic rings. The molecular weight excluding hydrogens is 210 g/mol. The SMILES string of the molecule is CN1CCN(Cc2ccccc2CC#N)CC1. The van der Waals surface area contributed by atoms with Crippen LogP contribution in [0.15, 0.2) is 24.3 Å². The summed E-state index contributed by atoms with van der Waals surface area (Å²) in [5, 5.41) is 8.81. The molecule has 0 saturated carbocycles. The van der Waals surface area contributed by atoms with Gasteiger partial charge in [0.15, 0.2) is 0 Å². The van der Waals surface area contributed by atoms with Crippen LogP contribution >= 0.6 is 0 Å². The number of nitrogens with zero attached hydrogens (tertiary/aromatic N) is 3. The second kappa shape index (κ2) is 5.81. The molecule has 0 aromatic heterocycles. The maximum Gasteiger partial charge on any atom is 0.0669 e. The minimum absolute atomic E-state index is 0.518. The Morgan fingerprint density at radius 3 is 2.41 bits per heavy atom. The highest BCUT2D eigenvalue weighted by molar-refractivity contribution is 5.29. The molecule has 0 bridgehead atoms. The predicted molar refractivity (Wildman–Crippen MR) is 68.5 cm³/mol. The van der Waals surface area contributed by atoms with Crippen LogP contribution in [0.2, 0.25) is 0 Å². The van der Waals surface area contributed by atoms with Gasteiger partial charge in [-0.1, -0.05) is 24.3 Å². The summed E-state index contributed by atoms with van der Waals surface area (Å²) < 4.78 is 0. The van der Waals surface area contributed by atoms with Crippen LogP contribution in [0.4, 0.5) is 0 Å². The van der Waals surface area contributed by atoms with E-state index in [1.165, 1.54) is 11.1 Å². The highest BCUT2D eigenvalue weighted by atomic mass is 15.2. The van der Waals surface area contributed by atoms with E-state index in [1.54, 1.807) is 0 Å². The van der Waals surface area contributed by atoms with Crippen molar-refractivity contribution in [2.24, 2.45) is 0 Å². The Hall–Kier alpha value is -1.37. The van der Waals surface area contributed by atoms with Gasteiger partial charge < -0.3 is 4.90 Å². The summed E-state index contributed by atoms with van der Waals surface area (Å²) in [6.07, 6.45) is 0.518. The van der Waals surface area contributed by atoms with Gasteiger partial charge in [0.1, 0.15) is 0 Å². The Morgan fingerprint density at radius 2 is 1.76 bits per heavy atom. The van der Waals surface area contributed by atoms with Gasteiger partial charge in [0, 0.05) is 32.7 Å². The van der Waals surface area contributed by atoms with Crippen molar-refractivity contribution >= 4 is 0 Å². The lowest BCUT2D eigenvalue weighted by molar-refractivity contribution is 0.148. The van der Waals surface area contributed by atoms with E-state index in [9.17, 15) is 0 Å². The standard InChI is InChI=1S/C14H19N3/c1-16-8-10-17(11-9-16)12-14-5-3-2-4-13(14)6-7-15/h2-5H,6,8-12H2,1H3. The third-order valence-electron chi connectivity index (χ3n) is 3.38. The summed E-state index contributed by atoms with van der Waals surface area (Å²) in [5.41, 5.74) is 2.48. The van der Waals surface area contributed by atoms with Crippen molar-refractivity contribution in [3.05, 3.63) is 35.4 Å². The maximum absolute atomic E-state index is 8.81. The molecule has 1 aliphatic heterocycles. The maximum atomic E-state index is 8.81. The molecule has 0 unspecified atom stereocenters. The van der Waals surface area contributed by atoms with Gasteiger partial charge in [-0.05, 0) is 18.2 Å². The topological polar surface area (TPSA) is 30.3 Å². The largest absolute Gasteiger partial charge is 0.304 e. The van der Waals surface area contributed by atoms with E-state index in [4.69, 9.17) is 5.26 Å². The lowest BCUT2D eigenvalue weighted by atomic mass is 10.0. The molecule has 0 radical (unpaired) electrons. The van der Waals surface area contributed by atoms with Gasteiger partial charge in [0.05, 0.1) is 12.5 Å². The van der Waals surface area contributed by atoms with E-state index in [0.29, 0.717) is 6.42 Å². The molecule has 0 amide bonds. The lowest BCUT2D eigenvalue weighted by Crippen LogP contribution is -2.44. The Labute approximate surface area is 103 Å². The Kier molecular flexibility index (Phi) is 4.13. The van der Waals surface area contributed by atoms with Gasteiger partial charge in [-0.25, -0.2) is 0 Å². The molecule has 1 heterocycles. The number of rotatable bonds is 3. The van der Waals surface area contributed by atoms with Crippen LogP contribution in [0, 0.1) is 11.3 Å². The van der Waals surface area contributed by atoms with Crippen LogP contribution in [0.1, 0.15) is 11.1 Å². The fourth-order valence-electron chi connectivity index (χ4n) is 2.22. The highest BCUT2D eigenvalue weighted by Crippen LogP contribution is 2.13. The molecule has 3 heteroatoms. The van der Waals surface area contributed by atoms with Gasteiger partial charge in [-0.15, -0.1) is 0 Å². The molecule has 0 spiro atoms. The highest BCUT2D eigenvalue weighted by Gasteiger charge is 2.14. The number of hydrogen-bond acceptors (Lipinski definition) is 3. The monoisotopic (exact) mass is 229 g/mol. The molecule has 2 rings (SSSR count). The molecule has 1 fully saturated rings. The van der Waals surface area contributed by atoms with E-state index >= 15 is 0 Å². The quantitative estimate of drug-likeness (QED) is 0.787. The minimum atomic E-state index is 0.518. The summed E-state index contributed by atoms with van der Waals surface area (Å²) >= 11 is 0. The molecule has 0 N–H and O–H groups in total. The number of piperazine rings is 1. The number of benzene rings is 1. The molecule has 1 aromatic carbocycles. The van der Waals surface area contributed by atoms with Gasteiger partial charge in [0.2, 0.25) is 0 Å². The number of likely N-dealkylation sites (N-methyl/N-ethyl adjacent to an activating group) is 1. The summed E-state index contributed by atoms with van der Waals surface area (Å²) in [6.45, 7) is 5.50. The first-order valence-electron chi connectivity index (χ1n) is 6.14. The van der Waals surface area contributed by atoms with E-state index in [-0.39, 0.29) is 0 Å². The smallest absolute Gasteiger partial charge is 0.0669 e. The first-order chi connectivity index (χ1) is 8.29. The lowest BCUT2D eigenvalue weighted by Gasteiger charge is -2.32. The molecule has 3 nitrogen and oxygen atoms in total.